The predicted octanol–water partition coefficient (Wildman–Crippen LogP) is 1.15. The predicted molar refractivity (Wildman–Crippen MR) is 129 cm³/mol. The molecule has 1 aliphatic heterocycles. The van der Waals surface area contributed by atoms with Crippen LogP contribution < -0.4 is 16.6 Å². The summed E-state index contributed by atoms with van der Waals surface area (Å²) in [6.45, 7) is 3.70. The van der Waals surface area contributed by atoms with E-state index >= 15 is 0 Å². The normalized spacial score (nSPS) is 16.9. The summed E-state index contributed by atoms with van der Waals surface area (Å²) in [5, 5.41) is 21.7. The third kappa shape index (κ3) is 5.36. The van der Waals surface area contributed by atoms with Crippen LogP contribution in [0.5, 0.6) is 0 Å². The highest BCUT2D eigenvalue weighted by molar-refractivity contribution is 6.30. The van der Waals surface area contributed by atoms with Gasteiger partial charge in [-0.05, 0) is 38.0 Å². The van der Waals surface area contributed by atoms with Crippen molar-refractivity contribution in [3.63, 3.8) is 0 Å². The highest BCUT2D eigenvalue weighted by atomic mass is 35.5. The molecular weight excluding hydrogens is 458 g/mol. The van der Waals surface area contributed by atoms with Crippen molar-refractivity contribution in [2.24, 2.45) is 12.8 Å². The summed E-state index contributed by atoms with van der Waals surface area (Å²) in [7, 11) is 1.74. The fourth-order valence-electron chi connectivity index (χ4n) is 4.07. The number of halogens is 1. The summed E-state index contributed by atoms with van der Waals surface area (Å²) < 4.78 is 2.75. The topological polar surface area (TPSA) is 131 Å². The number of amides is 1. The molecule has 1 saturated heterocycles. The molecule has 0 spiro atoms. The zero-order valence-corrected chi connectivity index (χ0v) is 19.9. The van der Waals surface area contributed by atoms with Gasteiger partial charge in [-0.25, -0.2) is 0 Å². The molecule has 2 aromatic heterocycles. The van der Waals surface area contributed by atoms with Gasteiger partial charge in [0.15, 0.2) is 0 Å². The maximum atomic E-state index is 13.4. The number of rotatable bonds is 6. The van der Waals surface area contributed by atoms with Gasteiger partial charge in [0, 0.05) is 42.8 Å². The minimum absolute atomic E-state index is 0.00941. The monoisotopic (exact) mass is 485 g/mol. The van der Waals surface area contributed by atoms with Gasteiger partial charge in [-0.3, -0.25) is 19.2 Å². The van der Waals surface area contributed by atoms with Gasteiger partial charge < -0.3 is 16.2 Å². The lowest BCUT2D eigenvalue weighted by atomic mass is 9.89. The number of aliphatic hydroxyl groups is 1. The molecule has 1 aliphatic rings. The summed E-state index contributed by atoms with van der Waals surface area (Å²) in [5.74, 6) is -0.463. The third-order valence-corrected chi connectivity index (χ3v) is 6.30. The molecule has 1 amide bonds. The number of aliphatic hydroxyl groups excluding tert-OH is 1. The van der Waals surface area contributed by atoms with Crippen molar-refractivity contribution in [1.82, 2.24) is 29.8 Å². The van der Waals surface area contributed by atoms with Crippen LogP contribution in [0.2, 0.25) is 5.02 Å². The minimum atomic E-state index is -0.895. The van der Waals surface area contributed by atoms with E-state index in [2.05, 4.69) is 20.4 Å². The second-order valence-corrected chi connectivity index (χ2v) is 9.36. The molecule has 4 N–H and O–H groups in total. The molecule has 1 aromatic carbocycles. The van der Waals surface area contributed by atoms with E-state index in [0.717, 1.165) is 5.56 Å². The van der Waals surface area contributed by atoms with Crippen LogP contribution in [-0.4, -0.2) is 66.9 Å². The molecule has 1 fully saturated rings. The first-order valence-electron chi connectivity index (χ1n) is 11.0. The first kappa shape index (κ1) is 24.1. The van der Waals surface area contributed by atoms with Gasteiger partial charge in [0.05, 0.1) is 18.1 Å². The van der Waals surface area contributed by atoms with Crippen LogP contribution in [0.4, 0.5) is 0 Å². The number of aromatic nitrogens is 4. The molecule has 34 heavy (non-hydrogen) atoms. The zero-order chi connectivity index (χ0) is 24.5. The number of nitrogens with one attached hydrogen (secondary N) is 1. The van der Waals surface area contributed by atoms with Gasteiger partial charge in [-0.2, -0.15) is 14.9 Å². The van der Waals surface area contributed by atoms with Crippen molar-refractivity contribution >= 4 is 17.5 Å². The Labute approximate surface area is 201 Å². The number of nitrogens with zero attached hydrogens (tertiary/aromatic N) is 5. The molecule has 11 heteroatoms. The van der Waals surface area contributed by atoms with Gasteiger partial charge in [0.1, 0.15) is 17.5 Å². The molecule has 0 saturated carbocycles. The van der Waals surface area contributed by atoms with E-state index in [4.69, 9.17) is 17.3 Å². The van der Waals surface area contributed by atoms with E-state index in [0.29, 0.717) is 48.9 Å². The van der Waals surface area contributed by atoms with E-state index in [9.17, 15) is 14.7 Å². The second-order valence-electron chi connectivity index (χ2n) is 8.92. The van der Waals surface area contributed by atoms with Crippen molar-refractivity contribution in [2.45, 2.75) is 31.5 Å². The van der Waals surface area contributed by atoms with Crippen LogP contribution in [0.3, 0.4) is 0 Å². The minimum Gasteiger partial charge on any atom is -0.377 e. The van der Waals surface area contributed by atoms with Crippen LogP contribution in [0, 0.1) is 0 Å². The lowest BCUT2D eigenvalue weighted by Crippen LogP contribution is -2.55. The highest BCUT2D eigenvalue weighted by Crippen LogP contribution is 2.24. The number of hydrogen-bond donors (Lipinski definition) is 3. The molecule has 1 unspecified atom stereocenters. The number of nitrogens with two attached hydrogens (primary N) is 1. The SMILES string of the molecule is Cn1cc(-n2nc(-c3ccc(Cl)cc3)cc(C(=O)NC3(C)CCN(CC(N)O)CC3)c2=O)cn1. The molecule has 3 aromatic rings. The van der Waals surface area contributed by atoms with E-state index in [1.807, 2.05) is 6.92 Å². The number of carbonyl (C=O) groups is 1. The Balaban J connectivity index is 1.66. The van der Waals surface area contributed by atoms with Crippen LogP contribution in [0.1, 0.15) is 30.1 Å². The average molecular weight is 486 g/mol. The average Bonchev–Trinajstić information content (AvgIpc) is 3.22. The van der Waals surface area contributed by atoms with Gasteiger partial charge in [0.25, 0.3) is 11.5 Å². The fraction of sp³-hybridized carbons (Fsp3) is 0.391. The summed E-state index contributed by atoms with van der Waals surface area (Å²) in [4.78, 5) is 28.7. The lowest BCUT2D eigenvalue weighted by molar-refractivity contribution is 0.0698. The van der Waals surface area contributed by atoms with Crippen molar-refractivity contribution in [2.75, 3.05) is 19.6 Å². The fourth-order valence-corrected chi connectivity index (χ4v) is 4.20. The van der Waals surface area contributed by atoms with Crippen molar-refractivity contribution < 1.29 is 9.90 Å². The standard InChI is InChI=1S/C23H28ClN7O3/c1-23(7-9-30(10-8-23)14-20(25)32)27-21(33)18-11-19(15-3-5-16(24)6-4-15)28-31(22(18)34)17-12-26-29(2)13-17/h3-6,11-13,20,32H,7-10,14,25H2,1-2H3,(H,27,33). The zero-order valence-electron chi connectivity index (χ0n) is 19.1. The summed E-state index contributed by atoms with van der Waals surface area (Å²) in [6, 6.07) is 8.54. The largest absolute Gasteiger partial charge is 0.377 e. The number of benzene rings is 1. The summed E-state index contributed by atoms with van der Waals surface area (Å²) >= 11 is 6.02. The van der Waals surface area contributed by atoms with Crippen LogP contribution in [-0.2, 0) is 7.05 Å². The van der Waals surface area contributed by atoms with Gasteiger partial charge >= 0.3 is 0 Å². The number of piperidine rings is 1. The Morgan fingerprint density at radius 3 is 2.56 bits per heavy atom. The molecular formula is C23H28ClN7O3. The molecule has 0 bridgehead atoms. The summed E-state index contributed by atoms with van der Waals surface area (Å²) in [5.41, 5.74) is 6.08. The van der Waals surface area contributed by atoms with Gasteiger partial charge in [-0.15, -0.1) is 0 Å². The number of hydrogen-bond acceptors (Lipinski definition) is 7. The second kappa shape index (κ2) is 9.67. The Morgan fingerprint density at radius 2 is 1.97 bits per heavy atom. The molecule has 0 aliphatic carbocycles. The third-order valence-electron chi connectivity index (χ3n) is 6.05. The Morgan fingerprint density at radius 1 is 1.29 bits per heavy atom. The van der Waals surface area contributed by atoms with Crippen LogP contribution >= 0.6 is 11.6 Å². The van der Waals surface area contributed by atoms with Crippen molar-refractivity contribution in [3.05, 3.63) is 63.7 Å². The Hall–Kier alpha value is -3.05. The maximum absolute atomic E-state index is 13.4. The van der Waals surface area contributed by atoms with E-state index < -0.39 is 23.2 Å². The van der Waals surface area contributed by atoms with E-state index in [1.54, 1.807) is 42.2 Å². The van der Waals surface area contributed by atoms with Gasteiger partial charge in [0.2, 0.25) is 0 Å². The smallest absolute Gasteiger partial charge is 0.284 e. The van der Waals surface area contributed by atoms with E-state index in [-0.39, 0.29) is 5.56 Å². The lowest BCUT2D eigenvalue weighted by Gasteiger charge is -2.40. The molecule has 0 radical (unpaired) electrons. The quantitative estimate of drug-likeness (QED) is 0.446. The first-order chi connectivity index (χ1) is 16.1. The Bertz CT molecular complexity index is 1230. The number of likely N-dealkylation sites (tertiary alicyclic amines) is 1. The van der Waals surface area contributed by atoms with Crippen LogP contribution in [0.25, 0.3) is 16.9 Å². The Kier molecular flexibility index (Phi) is 6.85. The summed E-state index contributed by atoms with van der Waals surface area (Å²) in [6.07, 6.45) is 3.61. The number of carbonyl (C=O) groups excluding carboxylic acids is 1. The van der Waals surface area contributed by atoms with Gasteiger partial charge in [-0.1, -0.05) is 23.7 Å². The number of aryl methyl sites for hydroxylation is 1. The molecule has 4 rings (SSSR count). The first-order valence-corrected chi connectivity index (χ1v) is 11.4. The number of β-amino-alcohol motifs (C(OH)–C–C–N with tert-alkyl or cyclic N) is 1. The molecule has 10 nitrogen and oxygen atoms in total. The maximum Gasteiger partial charge on any atom is 0.284 e. The van der Waals surface area contributed by atoms with Crippen molar-refractivity contribution in [3.8, 4) is 16.9 Å². The van der Waals surface area contributed by atoms with E-state index in [1.165, 1.54) is 16.9 Å². The van der Waals surface area contributed by atoms with Crippen LogP contribution in [0.15, 0.2) is 47.5 Å². The highest BCUT2D eigenvalue weighted by Gasteiger charge is 2.33. The molecule has 180 valence electrons. The molecule has 1 atom stereocenters. The molecule has 3 heterocycles. The van der Waals surface area contributed by atoms with Crippen molar-refractivity contribution in [1.29, 1.82) is 0 Å².